The average molecular weight is 499 g/mol. The number of carbonyl (C=O) groups is 1. The highest BCUT2D eigenvalue weighted by atomic mass is 16.7. The van der Waals surface area contributed by atoms with Gasteiger partial charge in [0.05, 0.1) is 5.56 Å². The number of benzene rings is 3. The molecular weight excluding hydrogens is 468 g/mol. The van der Waals surface area contributed by atoms with E-state index in [2.05, 4.69) is 45.5 Å². The van der Waals surface area contributed by atoms with Gasteiger partial charge >= 0.3 is 5.97 Å². The van der Waals surface area contributed by atoms with Gasteiger partial charge in [-0.2, -0.15) is 0 Å². The zero-order valence-corrected chi connectivity index (χ0v) is 21.1. The van der Waals surface area contributed by atoms with Crippen molar-refractivity contribution in [1.29, 1.82) is 0 Å². The quantitative estimate of drug-likeness (QED) is 0.390. The van der Waals surface area contributed by atoms with Crippen molar-refractivity contribution < 1.29 is 14.7 Å². The molecule has 1 aromatic heterocycles. The average Bonchev–Trinajstić information content (AvgIpc) is 3.34. The first-order valence-corrected chi connectivity index (χ1v) is 12.4. The summed E-state index contributed by atoms with van der Waals surface area (Å²) in [7, 11) is 0. The minimum absolute atomic E-state index is 0.232. The first-order valence-electron chi connectivity index (χ1n) is 12.4. The summed E-state index contributed by atoms with van der Waals surface area (Å²) >= 11 is 0. The summed E-state index contributed by atoms with van der Waals surface area (Å²) < 4.78 is 0. The van der Waals surface area contributed by atoms with Gasteiger partial charge in [0.2, 0.25) is 5.82 Å². The second kappa shape index (κ2) is 10.4. The first kappa shape index (κ1) is 24.5. The molecule has 1 aliphatic rings. The summed E-state index contributed by atoms with van der Waals surface area (Å²) in [6.45, 7) is 8.05. The van der Waals surface area contributed by atoms with Crippen molar-refractivity contribution in [3.05, 3.63) is 89.0 Å². The first-order chi connectivity index (χ1) is 17.9. The number of aromatic nitrogens is 4. The fraction of sp³-hybridized carbons (Fsp3) is 0.286. The third-order valence-electron chi connectivity index (χ3n) is 6.56. The number of tetrazole rings is 1. The highest BCUT2D eigenvalue weighted by Gasteiger charge is 2.23. The predicted octanol–water partition coefficient (Wildman–Crippen LogP) is 3.40. The molecule has 0 unspecified atom stereocenters. The number of hydrogen-bond donors (Lipinski definition) is 2. The predicted molar refractivity (Wildman–Crippen MR) is 141 cm³/mol. The third-order valence-corrected chi connectivity index (χ3v) is 6.56. The van der Waals surface area contributed by atoms with Crippen molar-refractivity contribution in [2.45, 2.75) is 39.3 Å². The number of rotatable bonds is 6. The number of phenols is 1. The molecule has 2 heterocycles. The van der Waals surface area contributed by atoms with Gasteiger partial charge in [-0.1, -0.05) is 47.1 Å². The minimum Gasteiger partial charge on any atom is -0.508 e. The largest absolute Gasteiger partial charge is 0.508 e. The van der Waals surface area contributed by atoms with Crippen LogP contribution < -0.4 is 15.1 Å². The van der Waals surface area contributed by atoms with E-state index in [1.165, 1.54) is 0 Å². The van der Waals surface area contributed by atoms with Crippen LogP contribution in [0, 0.1) is 6.92 Å². The number of anilines is 1. The van der Waals surface area contributed by atoms with Gasteiger partial charge < -0.3 is 15.3 Å². The molecule has 4 aromatic rings. The second-order valence-corrected chi connectivity index (χ2v) is 9.61. The Morgan fingerprint density at radius 2 is 1.89 bits per heavy atom. The summed E-state index contributed by atoms with van der Waals surface area (Å²) in [6.07, 6.45) is 0.561. The van der Waals surface area contributed by atoms with E-state index in [1.807, 2.05) is 49.4 Å². The van der Waals surface area contributed by atoms with Crippen molar-refractivity contribution in [3.8, 4) is 17.1 Å². The minimum atomic E-state index is -0.569. The molecule has 37 heavy (non-hydrogen) atoms. The lowest BCUT2D eigenvalue weighted by molar-refractivity contribution is 0.0296. The maximum Gasteiger partial charge on any atom is 0.367 e. The molecule has 9 heteroatoms. The number of aryl methyl sites for hydroxylation is 1. The van der Waals surface area contributed by atoms with Gasteiger partial charge in [0.15, 0.2) is 0 Å². The Balaban J connectivity index is 1.37. The van der Waals surface area contributed by atoms with Crippen LogP contribution in [0.15, 0.2) is 66.7 Å². The Morgan fingerprint density at radius 1 is 1.11 bits per heavy atom. The molecule has 1 fully saturated rings. The molecular formula is C28H30N6O3. The normalized spacial score (nSPS) is 17.5. The van der Waals surface area contributed by atoms with Gasteiger partial charge in [-0.3, -0.25) is 4.84 Å². The molecule has 0 spiro atoms. The van der Waals surface area contributed by atoms with E-state index in [9.17, 15) is 9.90 Å². The Kier molecular flexibility index (Phi) is 6.87. The van der Waals surface area contributed by atoms with Crippen LogP contribution in [0.3, 0.4) is 0 Å². The van der Waals surface area contributed by atoms with E-state index in [0.717, 1.165) is 46.0 Å². The number of hydrogen-bond acceptors (Lipinski definition) is 8. The van der Waals surface area contributed by atoms with Crippen LogP contribution >= 0.6 is 0 Å². The Hall–Kier alpha value is -4.24. The molecule has 0 amide bonds. The van der Waals surface area contributed by atoms with E-state index >= 15 is 0 Å². The van der Waals surface area contributed by atoms with E-state index in [-0.39, 0.29) is 5.75 Å². The maximum atomic E-state index is 12.4. The lowest BCUT2D eigenvalue weighted by Gasteiger charge is -2.39. The lowest BCUT2D eigenvalue weighted by atomic mass is 9.98. The number of nitrogens with one attached hydrogen (secondary N) is 1. The van der Waals surface area contributed by atoms with Gasteiger partial charge in [0, 0.05) is 47.5 Å². The Labute approximate surface area is 215 Å². The molecule has 0 saturated carbocycles. The standard InChI is InChI=1S/C28H30N6O3/c1-18-8-10-22(11-9-18)28(36)37-34-31-27(30-32-34)26-7-5-4-6-23(26)12-21-13-24(15-25(35)14-21)33-17-19(2)29-16-20(33)3/h4-11,13-15,19-20,29,35H,12,16-17H2,1-3H3/t19-,20+/m1/s1. The molecule has 1 saturated heterocycles. The van der Waals surface area contributed by atoms with E-state index < -0.39 is 5.97 Å². The monoisotopic (exact) mass is 498 g/mol. The zero-order valence-electron chi connectivity index (χ0n) is 21.1. The molecule has 2 atom stereocenters. The summed E-state index contributed by atoms with van der Waals surface area (Å²) in [5, 5.41) is 26.3. The van der Waals surface area contributed by atoms with Crippen LogP contribution in [0.1, 0.15) is 40.9 Å². The lowest BCUT2D eigenvalue weighted by Crippen LogP contribution is -2.54. The molecule has 190 valence electrons. The van der Waals surface area contributed by atoms with Crippen LogP contribution in [0.4, 0.5) is 5.69 Å². The van der Waals surface area contributed by atoms with Gasteiger partial charge in [-0.05, 0) is 67.8 Å². The van der Waals surface area contributed by atoms with Crippen LogP contribution in [0.5, 0.6) is 5.75 Å². The molecule has 0 radical (unpaired) electrons. The Bertz CT molecular complexity index is 1400. The molecule has 0 aliphatic carbocycles. The fourth-order valence-corrected chi connectivity index (χ4v) is 4.58. The number of phenolic OH excluding ortho intramolecular Hbond substituents is 1. The third kappa shape index (κ3) is 5.62. The topological polar surface area (TPSA) is 105 Å². The van der Waals surface area contributed by atoms with Gasteiger partial charge in [-0.15, -0.1) is 5.10 Å². The summed E-state index contributed by atoms with van der Waals surface area (Å²) in [4.78, 5) is 20.9. The smallest absolute Gasteiger partial charge is 0.367 e. The number of piperazine rings is 1. The molecule has 3 aromatic carbocycles. The summed E-state index contributed by atoms with van der Waals surface area (Å²) in [6, 6.07) is 21.2. The van der Waals surface area contributed by atoms with Crippen LogP contribution in [0.25, 0.3) is 11.4 Å². The van der Waals surface area contributed by atoms with Gasteiger partial charge in [0.1, 0.15) is 5.75 Å². The molecule has 5 rings (SSSR count). The zero-order chi connectivity index (χ0) is 25.9. The second-order valence-electron chi connectivity index (χ2n) is 9.61. The SMILES string of the molecule is Cc1ccc(C(=O)On2nnc(-c3ccccc3Cc3cc(O)cc(N4C[C@@H](C)NC[C@@H]4C)c3)n2)cc1. The van der Waals surface area contributed by atoms with Crippen molar-refractivity contribution in [1.82, 2.24) is 25.7 Å². The van der Waals surface area contributed by atoms with Crippen LogP contribution in [-0.2, 0) is 6.42 Å². The summed E-state index contributed by atoms with van der Waals surface area (Å²) in [5.74, 6) is 0.00803. The molecule has 0 bridgehead atoms. The maximum absolute atomic E-state index is 12.4. The van der Waals surface area contributed by atoms with Gasteiger partial charge in [0.25, 0.3) is 0 Å². The number of carbonyl (C=O) groups excluding carboxylic acids is 1. The van der Waals surface area contributed by atoms with Crippen molar-refractivity contribution in [2.24, 2.45) is 0 Å². The van der Waals surface area contributed by atoms with E-state index in [0.29, 0.717) is 29.9 Å². The molecule has 9 nitrogen and oxygen atoms in total. The molecule has 2 N–H and O–H groups in total. The van der Waals surface area contributed by atoms with E-state index in [1.54, 1.807) is 18.2 Å². The molecule has 1 aliphatic heterocycles. The highest BCUT2D eigenvalue weighted by Crippen LogP contribution is 2.29. The number of nitrogens with zero attached hydrogens (tertiary/aromatic N) is 5. The van der Waals surface area contributed by atoms with Crippen LogP contribution in [-0.4, -0.2) is 56.6 Å². The van der Waals surface area contributed by atoms with E-state index in [4.69, 9.17) is 4.84 Å². The van der Waals surface area contributed by atoms with Crippen molar-refractivity contribution in [2.75, 3.05) is 18.0 Å². The van der Waals surface area contributed by atoms with Crippen molar-refractivity contribution >= 4 is 11.7 Å². The van der Waals surface area contributed by atoms with Gasteiger partial charge in [-0.25, -0.2) is 4.79 Å². The summed E-state index contributed by atoms with van der Waals surface area (Å²) in [5.41, 5.74) is 5.15. The fourth-order valence-electron chi connectivity index (χ4n) is 4.58. The highest BCUT2D eigenvalue weighted by molar-refractivity contribution is 5.89. The van der Waals surface area contributed by atoms with Crippen LogP contribution in [0.2, 0.25) is 0 Å². The van der Waals surface area contributed by atoms with Crippen molar-refractivity contribution in [3.63, 3.8) is 0 Å². The number of aromatic hydroxyl groups is 1. The Morgan fingerprint density at radius 3 is 2.70 bits per heavy atom.